The van der Waals surface area contributed by atoms with E-state index in [9.17, 15) is 4.79 Å². The summed E-state index contributed by atoms with van der Waals surface area (Å²) in [6, 6.07) is 17.3. The first-order chi connectivity index (χ1) is 10.9. The summed E-state index contributed by atoms with van der Waals surface area (Å²) in [7, 11) is 1.74. The zero-order valence-corrected chi connectivity index (χ0v) is 14.0. The average Bonchev–Trinajstić information content (AvgIpc) is 2.56. The highest BCUT2D eigenvalue weighted by atomic mass is 16.5. The van der Waals surface area contributed by atoms with Gasteiger partial charge < -0.3 is 15.4 Å². The van der Waals surface area contributed by atoms with Crippen LogP contribution < -0.4 is 10.5 Å². The van der Waals surface area contributed by atoms with Crippen LogP contribution in [0.4, 0.5) is 0 Å². The van der Waals surface area contributed by atoms with Crippen molar-refractivity contribution in [3.63, 3.8) is 0 Å². The first kappa shape index (κ1) is 17.0. The van der Waals surface area contributed by atoms with Gasteiger partial charge in [0.05, 0.1) is 6.54 Å². The largest absolute Gasteiger partial charge is 0.492 e. The third kappa shape index (κ3) is 4.33. The molecule has 1 unspecified atom stereocenters. The van der Waals surface area contributed by atoms with E-state index in [2.05, 4.69) is 0 Å². The molecule has 0 aliphatic rings. The summed E-state index contributed by atoms with van der Waals surface area (Å²) in [6.45, 7) is 4.67. The molecule has 0 saturated carbocycles. The zero-order chi connectivity index (χ0) is 16.9. The van der Waals surface area contributed by atoms with Crippen LogP contribution in [0.3, 0.4) is 0 Å². The molecule has 2 rings (SSSR count). The summed E-state index contributed by atoms with van der Waals surface area (Å²) < 4.78 is 5.67. The molecule has 1 amide bonds. The van der Waals surface area contributed by atoms with Gasteiger partial charge in [-0.15, -0.1) is 0 Å². The van der Waals surface area contributed by atoms with Crippen LogP contribution in [0.25, 0.3) is 0 Å². The molecule has 2 aromatic carbocycles. The number of hydrogen-bond acceptors (Lipinski definition) is 3. The first-order valence-corrected chi connectivity index (χ1v) is 7.70. The predicted octanol–water partition coefficient (Wildman–Crippen LogP) is 2.71. The zero-order valence-electron chi connectivity index (χ0n) is 14.0. The number of carbonyl (C=O) groups is 1. The van der Waals surface area contributed by atoms with Gasteiger partial charge in [0.15, 0.2) is 0 Å². The molecule has 0 heterocycles. The Balaban J connectivity index is 1.91. The number of nitrogens with two attached hydrogens (primary N) is 1. The van der Waals surface area contributed by atoms with Crippen molar-refractivity contribution in [2.24, 2.45) is 5.73 Å². The van der Waals surface area contributed by atoms with Crippen LogP contribution in [0.2, 0.25) is 0 Å². The van der Waals surface area contributed by atoms with E-state index in [4.69, 9.17) is 10.5 Å². The summed E-state index contributed by atoms with van der Waals surface area (Å²) in [5.74, 6) is 0.672. The molecule has 23 heavy (non-hydrogen) atoms. The van der Waals surface area contributed by atoms with Gasteiger partial charge in [0, 0.05) is 7.05 Å². The Hall–Kier alpha value is -2.33. The molecule has 0 spiro atoms. The SMILES string of the molecule is Cc1ccc(OCCN(C)C(=O)C(C)(N)c2ccccc2)cc1. The minimum Gasteiger partial charge on any atom is -0.492 e. The molecular formula is C19H24N2O2. The van der Waals surface area contributed by atoms with Crippen molar-refractivity contribution >= 4 is 5.91 Å². The number of ether oxygens (including phenoxy) is 1. The summed E-state index contributed by atoms with van der Waals surface area (Å²) in [4.78, 5) is 14.2. The maximum atomic E-state index is 12.6. The Labute approximate surface area is 137 Å². The standard InChI is InChI=1S/C19H24N2O2/c1-15-9-11-17(12-10-15)23-14-13-21(3)18(22)19(2,20)16-7-5-4-6-8-16/h4-12H,13-14,20H2,1-3H3. The number of rotatable bonds is 6. The Morgan fingerprint density at radius 1 is 1.13 bits per heavy atom. The van der Waals surface area contributed by atoms with Gasteiger partial charge in [0.25, 0.3) is 0 Å². The van der Waals surface area contributed by atoms with Gasteiger partial charge in [-0.2, -0.15) is 0 Å². The first-order valence-electron chi connectivity index (χ1n) is 7.70. The normalized spacial score (nSPS) is 13.2. The summed E-state index contributed by atoms with van der Waals surface area (Å²) in [5.41, 5.74) is 7.20. The minimum absolute atomic E-state index is 0.129. The smallest absolute Gasteiger partial charge is 0.246 e. The summed E-state index contributed by atoms with van der Waals surface area (Å²) >= 11 is 0. The number of benzene rings is 2. The quantitative estimate of drug-likeness (QED) is 0.892. The third-order valence-corrected chi connectivity index (χ3v) is 3.88. The molecule has 0 aliphatic heterocycles. The topological polar surface area (TPSA) is 55.6 Å². The van der Waals surface area contributed by atoms with Gasteiger partial charge in [-0.05, 0) is 31.5 Å². The van der Waals surface area contributed by atoms with Crippen molar-refractivity contribution in [1.29, 1.82) is 0 Å². The molecule has 4 heteroatoms. The van der Waals surface area contributed by atoms with Crippen molar-refractivity contribution in [3.05, 3.63) is 65.7 Å². The predicted molar refractivity (Wildman–Crippen MR) is 92.3 cm³/mol. The fourth-order valence-corrected chi connectivity index (χ4v) is 2.34. The van der Waals surface area contributed by atoms with E-state index in [1.165, 1.54) is 5.56 Å². The Bertz CT molecular complexity index is 636. The molecule has 0 aliphatic carbocycles. The van der Waals surface area contributed by atoms with Crippen molar-refractivity contribution in [3.8, 4) is 5.75 Å². The number of hydrogen-bond donors (Lipinski definition) is 1. The lowest BCUT2D eigenvalue weighted by atomic mass is 9.92. The third-order valence-electron chi connectivity index (χ3n) is 3.88. The maximum Gasteiger partial charge on any atom is 0.246 e. The lowest BCUT2D eigenvalue weighted by Gasteiger charge is -2.29. The van der Waals surface area contributed by atoms with Gasteiger partial charge in [-0.25, -0.2) is 0 Å². The second kappa shape index (κ2) is 7.29. The van der Waals surface area contributed by atoms with Gasteiger partial charge in [-0.1, -0.05) is 48.0 Å². The number of likely N-dealkylation sites (N-methyl/N-ethyl adjacent to an activating group) is 1. The van der Waals surface area contributed by atoms with Crippen LogP contribution in [0.5, 0.6) is 5.75 Å². The molecule has 2 aromatic rings. The maximum absolute atomic E-state index is 12.6. The number of nitrogens with zero attached hydrogens (tertiary/aromatic N) is 1. The molecular weight excluding hydrogens is 288 g/mol. The number of amides is 1. The minimum atomic E-state index is -1.04. The van der Waals surface area contributed by atoms with Crippen LogP contribution in [0, 0.1) is 6.92 Å². The van der Waals surface area contributed by atoms with Crippen LogP contribution in [-0.2, 0) is 10.3 Å². The fourth-order valence-electron chi connectivity index (χ4n) is 2.34. The van der Waals surface area contributed by atoms with Crippen molar-refractivity contribution in [1.82, 2.24) is 4.90 Å². The monoisotopic (exact) mass is 312 g/mol. The molecule has 2 N–H and O–H groups in total. The van der Waals surface area contributed by atoms with E-state index >= 15 is 0 Å². The average molecular weight is 312 g/mol. The Morgan fingerprint density at radius 3 is 2.35 bits per heavy atom. The van der Waals surface area contributed by atoms with E-state index < -0.39 is 5.54 Å². The van der Waals surface area contributed by atoms with Crippen LogP contribution >= 0.6 is 0 Å². The van der Waals surface area contributed by atoms with Crippen LogP contribution in [-0.4, -0.2) is 31.0 Å². The lowest BCUT2D eigenvalue weighted by molar-refractivity contribution is -0.135. The van der Waals surface area contributed by atoms with E-state index in [-0.39, 0.29) is 5.91 Å². The molecule has 1 atom stereocenters. The highest BCUT2D eigenvalue weighted by molar-refractivity contribution is 5.86. The fraction of sp³-hybridized carbons (Fsp3) is 0.316. The van der Waals surface area contributed by atoms with E-state index in [1.54, 1.807) is 18.9 Å². The van der Waals surface area contributed by atoms with Crippen molar-refractivity contribution in [2.45, 2.75) is 19.4 Å². The molecule has 0 aromatic heterocycles. The Morgan fingerprint density at radius 2 is 1.74 bits per heavy atom. The second-order valence-electron chi connectivity index (χ2n) is 5.96. The van der Waals surface area contributed by atoms with E-state index in [0.717, 1.165) is 11.3 Å². The second-order valence-corrected chi connectivity index (χ2v) is 5.96. The van der Waals surface area contributed by atoms with E-state index in [0.29, 0.717) is 13.2 Å². The molecule has 0 saturated heterocycles. The molecule has 0 fully saturated rings. The van der Waals surface area contributed by atoms with Crippen molar-refractivity contribution < 1.29 is 9.53 Å². The number of carbonyl (C=O) groups excluding carboxylic acids is 1. The molecule has 122 valence electrons. The van der Waals surface area contributed by atoms with Gasteiger partial charge in [-0.3, -0.25) is 4.79 Å². The highest BCUT2D eigenvalue weighted by Crippen LogP contribution is 2.19. The highest BCUT2D eigenvalue weighted by Gasteiger charge is 2.32. The molecule has 4 nitrogen and oxygen atoms in total. The summed E-state index contributed by atoms with van der Waals surface area (Å²) in [5, 5.41) is 0. The number of aryl methyl sites for hydroxylation is 1. The Kier molecular flexibility index (Phi) is 5.40. The van der Waals surface area contributed by atoms with E-state index in [1.807, 2.05) is 61.5 Å². The summed E-state index contributed by atoms with van der Waals surface area (Å²) in [6.07, 6.45) is 0. The van der Waals surface area contributed by atoms with Crippen LogP contribution in [0.15, 0.2) is 54.6 Å². The van der Waals surface area contributed by atoms with Gasteiger partial charge in [0.2, 0.25) is 5.91 Å². The van der Waals surface area contributed by atoms with Crippen molar-refractivity contribution in [2.75, 3.05) is 20.2 Å². The lowest BCUT2D eigenvalue weighted by Crippen LogP contribution is -2.50. The van der Waals surface area contributed by atoms with Crippen LogP contribution in [0.1, 0.15) is 18.1 Å². The van der Waals surface area contributed by atoms with Gasteiger partial charge in [0.1, 0.15) is 17.9 Å². The molecule has 0 radical (unpaired) electrons. The van der Waals surface area contributed by atoms with Gasteiger partial charge >= 0.3 is 0 Å². The molecule has 0 bridgehead atoms.